The van der Waals surface area contributed by atoms with Crippen LogP contribution >= 0.6 is 0 Å². The first-order valence-corrected chi connectivity index (χ1v) is 11.3. The summed E-state index contributed by atoms with van der Waals surface area (Å²) in [4.78, 5) is 27.0. The summed E-state index contributed by atoms with van der Waals surface area (Å²) in [5.74, 6) is -0.406. The van der Waals surface area contributed by atoms with E-state index in [0.29, 0.717) is 18.6 Å². The monoisotopic (exact) mass is 452 g/mol. The van der Waals surface area contributed by atoms with Crippen molar-refractivity contribution in [1.29, 1.82) is 5.41 Å². The molecule has 2 aliphatic rings. The zero-order chi connectivity index (χ0) is 23.6. The maximum absolute atomic E-state index is 14.4. The van der Waals surface area contributed by atoms with Crippen molar-refractivity contribution in [2.45, 2.75) is 57.7 Å². The molecule has 0 radical (unpaired) electrons. The van der Waals surface area contributed by atoms with E-state index in [0.717, 1.165) is 24.2 Å². The maximum atomic E-state index is 14.4. The number of hydrogen-bond donors (Lipinski definition) is 3. The van der Waals surface area contributed by atoms with Gasteiger partial charge in [0.15, 0.2) is 5.96 Å². The highest BCUT2D eigenvalue weighted by atomic mass is 19.1. The highest BCUT2D eigenvalue weighted by Crippen LogP contribution is 2.32. The average Bonchev–Trinajstić information content (AvgIpc) is 2.81. The summed E-state index contributed by atoms with van der Waals surface area (Å²) in [6, 6.07) is 11.4. The fourth-order valence-corrected chi connectivity index (χ4v) is 4.51. The number of carbonyl (C=O) groups is 2. The van der Waals surface area contributed by atoms with Crippen molar-refractivity contribution in [3.8, 4) is 5.75 Å². The van der Waals surface area contributed by atoms with Gasteiger partial charge in [-0.15, -0.1) is 0 Å². The molecule has 3 N–H and O–H groups in total. The van der Waals surface area contributed by atoms with Crippen molar-refractivity contribution in [1.82, 2.24) is 15.5 Å². The van der Waals surface area contributed by atoms with Crippen molar-refractivity contribution in [3.63, 3.8) is 0 Å². The van der Waals surface area contributed by atoms with E-state index in [2.05, 4.69) is 10.6 Å². The van der Waals surface area contributed by atoms with Crippen molar-refractivity contribution in [2.75, 3.05) is 6.61 Å². The van der Waals surface area contributed by atoms with Gasteiger partial charge in [-0.25, -0.2) is 4.39 Å². The normalized spacial score (nSPS) is 19.4. The third-order valence-electron chi connectivity index (χ3n) is 6.62. The van der Waals surface area contributed by atoms with Crippen LogP contribution in [0.5, 0.6) is 5.75 Å². The SMILES string of the molecule is CCC1(CC)CC(=O)N(Cc2cc(F)cc(C(=O)NC3CCOc4ccccc43)c2)C(=N)N1. The largest absolute Gasteiger partial charge is 0.493 e. The first-order chi connectivity index (χ1) is 15.8. The molecule has 2 heterocycles. The Kier molecular flexibility index (Phi) is 6.35. The van der Waals surface area contributed by atoms with Gasteiger partial charge in [-0.05, 0) is 42.7 Å². The minimum Gasteiger partial charge on any atom is -0.493 e. The van der Waals surface area contributed by atoms with Gasteiger partial charge in [0, 0.05) is 23.1 Å². The van der Waals surface area contributed by atoms with Crippen LogP contribution < -0.4 is 15.4 Å². The van der Waals surface area contributed by atoms with E-state index in [-0.39, 0.29) is 36.4 Å². The molecular formula is C25H29FN4O3. The summed E-state index contributed by atoms with van der Waals surface area (Å²) in [7, 11) is 0. The molecular weight excluding hydrogens is 423 g/mol. The minimum atomic E-state index is -0.564. The molecule has 2 amide bonds. The molecule has 1 saturated heterocycles. The summed E-state index contributed by atoms with van der Waals surface area (Å²) >= 11 is 0. The predicted octanol–water partition coefficient (Wildman–Crippen LogP) is 3.89. The lowest BCUT2D eigenvalue weighted by atomic mass is 9.87. The van der Waals surface area contributed by atoms with E-state index in [9.17, 15) is 14.0 Å². The van der Waals surface area contributed by atoms with E-state index in [1.807, 2.05) is 38.1 Å². The Hall–Kier alpha value is -3.42. The third kappa shape index (κ3) is 4.69. The van der Waals surface area contributed by atoms with Gasteiger partial charge in [0.2, 0.25) is 5.91 Å². The number of rotatable bonds is 6. The number of para-hydroxylation sites is 1. The fourth-order valence-electron chi connectivity index (χ4n) is 4.51. The number of amides is 2. The number of hydrogen-bond acceptors (Lipinski definition) is 4. The number of guanidine groups is 1. The zero-order valence-electron chi connectivity index (χ0n) is 18.9. The van der Waals surface area contributed by atoms with Crippen LogP contribution in [0.3, 0.4) is 0 Å². The number of fused-ring (bicyclic) bond motifs is 1. The molecule has 0 bridgehead atoms. The molecule has 2 aliphatic heterocycles. The van der Waals surface area contributed by atoms with Gasteiger partial charge >= 0.3 is 0 Å². The van der Waals surface area contributed by atoms with Crippen LogP contribution in [0.2, 0.25) is 0 Å². The lowest BCUT2D eigenvalue weighted by molar-refractivity contribution is -0.131. The highest BCUT2D eigenvalue weighted by Gasteiger charge is 2.39. The van der Waals surface area contributed by atoms with Crippen LogP contribution in [-0.2, 0) is 11.3 Å². The Morgan fingerprint density at radius 3 is 2.76 bits per heavy atom. The predicted molar refractivity (Wildman–Crippen MR) is 123 cm³/mol. The molecule has 0 aromatic heterocycles. The molecule has 1 fully saturated rings. The van der Waals surface area contributed by atoms with Crippen LogP contribution in [0.1, 0.15) is 67.1 Å². The van der Waals surface area contributed by atoms with Crippen LogP contribution in [0.25, 0.3) is 0 Å². The fraction of sp³-hybridized carbons (Fsp3) is 0.400. The summed E-state index contributed by atoms with van der Waals surface area (Å²) < 4.78 is 20.1. The molecule has 1 atom stereocenters. The number of halogens is 1. The van der Waals surface area contributed by atoms with Crippen LogP contribution in [0.15, 0.2) is 42.5 Å². The molecule has 4 rings (SSSR count). The molecule has 7 nitrogen and oxygen atoms in total. The van der Waals surface area contributed by atoms with Crippen LogP contribution in [0, 0.1) is 11.2 Å². The molecule has 2 aromatic rings. The number of ether oxygens (including phenoxy) is 1. The van der Waals surface area contributed by atoms with Gasteiger partial charge < -0.3 is 15.4 Å². The van der Waals surface area contributed by atoms with Crippen LogP contribution in [0.4, 0.5) is 4.39 Å². The molecule has 0 spiro atoms. The first kappa shape index (κ1) is 22.8. The van der Waals surface area contributed by atoms with Crippen molar-refractivity contribution < 1.29 is 18.7 Å². The summed E-state index contributed by atoms with van der Waals surface area (Å²) in [6.45, 7) is 4.48. The molecule has 0 saturated carbocycles. The van der Waals surface area contributed by atoms with Crippen molar-refractivity contribution >= 4 is 17.8 Å². The van der Waals surface area contributed by atoms with E-state index in [4.69, 9.17) is 10.1 Å². The van der Waals surface area contributed by atoms with E-state index < -0.39 is 17.3 Å². The lowest BCUT2D eigenvalue weighted by Gasteiger charge is -2.42. The van der Waals surface area contributed by atoms with E-state index >= 15 is 0 Å². The maximum Gasteiger partial charge on any atom is 0.251 e. The Morgan fingerprint density at radius 1 is 1.27 bits per heavy atom. The average molecular weight is 453 g/mol. The topological polar surface area (TPSA) is 94.5 Å². The quantitative estimate of drug-likeness (QED) is 0.620. The van der Waals surface area contributed by atoms with Crippen molar-refractivity contribution in [2.24, 2.45) is 0 Å². The Balaban J connectivity index is 1.50. The van der Waals surface area contributed by atoms with E-state index in [1.54, 1.807) is 6.07 Å². The summed E-state index contributed by atoms with van der Waals surface area (Å²) in [6.07, 6.45) is 2.34. The second-order valence-corrected chi connectivity index (χ2v) is 8.67. The van der Waals surface area contributed by atoms with Crippen molar-refractivity contribution in [3.05, 3.63) is 65.0 Å². The Labute approximate surface area is 192 Å². The number of nitrogens with one attached hydrogen (secondary N) is 3. The standard InChI is InChI=1S/C25H29FN4O3/c1-3-25(4-2)14-22(31)30(24(27)29-25)15-16-11-17(13-18(26)12-16)23(32)28-20-9-10-33-21-8-6-5-7-19(20)21/h5-8,11-13,20H,3-4,9-10,14-15H2,1-2H3,(H2,27,29)(H,28,32). The van der Waals surface area contributed by atoms with Crippen LogP contribution in [-0.4, -0.2) is 34.8 Å². The van der Waals surface area contributed by atoms with Gasteiger partial charge in [0.05, 0.1) is 25.6 Å². The van der Waals surface area contributed by atoms with E-state index in [1.165, 1.54) is 17.0 Å². The van der Waals surface area contributed by atoms with Gasteiger partial charge in [-0.1, -0.05) is 32.0 Å². The number of carbonyl (C=O) groups excluding carboxylic acids is 2. The third-order valence-corrected chi connectivity index (χ3v) is 6.62. The molecule has 2 aromatic carbocycles. The van der Waals surface area contributed by atoms with Gasteiger partial charge in [0.1, 0.15) is 11.6 Å². The molecule has 1 unspecified atom stereocenters. The first-order valence-electron chi connectivity index (χ1n) is 11.3. The minimum absolute atomic E-state index is 0.00373. The van der Waals surface area contributed by atoms with Gasteiger partial charge in [-0.3, -0.25) is 19.9 Å². The molecule has 0 aliphatic carbocycles. The zero-order valence-corrected chi connectivity index (χ0v) is 18.9. The Bertz CT molecular complexity index is 1060. The summed E-state index contributed by atoms with van der Waals surface area (Å²) in [5.41, 5.74) is 1.10. The lowest BCUT2D eigenvalue weighted by Crippen LogP contribution is -2.61. The Morgan fingerprint density at radius 2 is 2.03 bits per heavy atom. The second kappa shape index (κ2) is 9.21. The number of nitrogens with zero attached hydrogens (tertiary/aromatic N) is 1. The number of benzene rings is 2. The van der Waals surface area contributed by atoms with Gasteiger partial charge in [0.25, 0.3) is 5.91 Å². The molecule has 8 heteroatoms. The highest BCUT2D eigenvalue weighted by molar-refractivity contribution is 5.99. The molecule has 174 valence electrons. The molecule has 33 heavy (non-hydrogen) atoms. The summed E-state index contributed by atoms with van der Waals surface area (Å²) in [5, 5.41) is 14.4. The second-order valence-electron chi connectivity index (χ2n) is 8.67. The van der Waals surface area contributed by atoms with Gasteiger partial charge in [-0.2, -0.15) is 0 Å². The smallest absolute Gasteiger partial charge is 0.251 e.